The molecule has 2 aromatic rings. The van der Waals surface area contributed by atoms with Crippen LogP contribution in [0.25, 0.3) is 0 Å². The van der Waals surface area contributed by atoms with Gasteiger partial charge in [0.2, 0.25) is 11.8 Å². The molecule has 0 saturated carbocycles. The summed E-state index contributed by atoms with van der Waals surface area (Å²) in [6.45, 7) is 15.2. The highest BCUT2D eigenvalue weighted by Crippen LogP contribution is 2.32. The molecule has 62 heavy (non-hydrogen) atoms. The third-order valence-electron chi connectivity index (χ3n) is 13.1. The second kappa shape index (κ2) is 26.0. The molecule has 1 aliphatic heterocycles. The third-order valence-corrected chi connectivity index (χ3v) is 13.1. The van der Waals surface area contributed by atoms with Gasteiger partial charge in [0, 0.05) is 52.5 Å². The highest BCUT2D eigenvalue weighted by Gasteiger charge is 2.43. The van der Waals surface area contributed by atoms with Gasteiger partial charge in [0.25, 0.3) is 0 Å². The SMILES string of the molecule is CC[C@H](C)[C@@H]([C@@H](CC(=O)N1CCC[C@H]1[C@H](OC)[C@@H](C)C(=O)C[C@H](COCc1ccc(C(=O)OC)cc1)Cc1ccccc1)OC)N(C)C(=O)[C@@H](CC(=O)[C@@H](NC)C(C)C)C(C)C. The molecular formula is C50H77N3O9. The van der Waals surface area contributed by atoms with Crippen LogP contribution in [0.2, 0.25) is 0 Å². The van der Waals surface area contributed by atoms with Gasteiger partial charge in [0.15, 0.2) is 5.78 Å². The van der Waals surface area contributed by atoms with E-state index in [1.165, 1.54) is 7.11 Å². The number of carbonyl (C=O) groups excluding carboxylic acids is 5. The third kappa shape index (κ3) is 14.5. The molecule has 0 aromatic heterocycles. The number of hydrogen-bond acceptors (Lipinski definition) is 10. The maximum Gasteiger partial charge on any atom is 0.337 e. The van der Waals surface area contributed by atoms with E-state index in [-0.39, 0.29) is 78.4 Å². The van der Waals surface area contributed by atoms with Crippen molar-refractivity contribution in [1.82, 2.24) is 15.1 Å². The molecular weight excluding hydrogens is 787 g/mol. The minimum Gasteiger partial charge on any atom is -0.465 e. The predicted octanol–water partition coefficient (Wildman–Crippen LogP) is 7.20. The molecule has 346 valence electrons. The minimum absolute atomic E-state index is 0.00427. The molecule has 0 radical (unpaired) electrons. The molecule has 1 fully saturated rings. The van der Waals surface area contributed by atoms with Crippen molar-refractivity contribution in [3.63, 3.8) is 0 Å². The Hall–Kier alpha value is -3.97. The Morgan fingerprint density at radius 1 is 0.823 bits per heavy atom. The number of ketones is 2. The Morgan fingerprint density at radius 2 is 1.48 bits per heavy atom. The van der Waals surface area contributed by atoms with Crippen molar-refractivity contribution < 1.29 is 42.9 Å². The molecule has 1 heterocycles. The van der Waals surface area contributed by atoms with Crippen LogP contribution in [0.1, 0.15) is 108 Å². The van der Waals surface area contributed by atoms with Crippen LogP contribution in [0.3, 0.4) is 0 Å². The molecule has 9 atom stereocenters. The first-order chi connectivity index (χ1) is 29.5. The van der Waals surface area contributed by atoms with Crippen molar-refractivity contribution in [3.8, 4) is 0 Å². The van der Waals surface area contributed by atoms with Gasteiger partial charge in [-0.25, -0.2) is 4.79 Å². The molecule has 2 amide bonds. The van der Waals surface area contributed by atoms with Gasteiger partial charge in [0.05, 0.1) is 62.6 Å². The fourth-order valence-corrected chi connectivity index (χ4v) is 9.23. The molecule has 12 heteroatoms. The van der Waals surface area contributed by atoms with E-state index in [4.69, 9.17) is 18.9 Å². The number of likely N-dealkylation sites (N-methyl/N-ethyl adjacent to an activating group) is 2. The van der Waals surface area contributed by atoms with Crippen molar-refractivity contribution >= 4 is 29.4 Å². The van der Waals surface area contributed by atoms with Crippen molar-refractivity contribution in [3.05, 3.63) is 71.3 Å². The van der Waals surface area contributed by atoms with Crippen LogP contribution in [0.15, 0.2) is 54.6 Å². The van der Waals surface area contributed by atoms with E-state index in [2.05, 4.69) is 31.3 Å². The monoisotopic (exact) mass is 864 g/mol. The smallest absolute Gasteiger partial charge is 0.337 e. The van der Waals surface area contributed by atoms with Crippen LogP contribution < -0.4 is 5.32 Å². The largest absolute Gasteiger partial charge is 0.465 e. The Kier molecular flexibility index (Phi) is 21.9. The van der Waals surface area contributed by atoms with Gasteiger partial charge in [0.1, 0.15) is 5.78 Å². The van der Waals surface area contributed by atoms with Crippen LogP contribution in [-0.2, 0) is 51.2 Å². The molecule has 0 spiro atoms. The van der Waals surface area contributed by atoms with Gasteiger partial charge in [-0.15, -0.1) is 0 Å². The lowest BCUT2D eigenvalue weighted by Gasteiger charge is -2.41. The number of rotatable bonds is 27. The number of methoxy groups -OCH3 is 3. The van der Waals surface area contributed by atoms with E-state index in [9.17, 15) is 24.0 Å². The molecule has 1 aliphatic rings. The van der Waals surface area contributed by atoms with Gasteiger partial charge in [-0.3, -0.25) is 19.2 Å². The quantitative estimate of drug-likeness (QED) is 0.0918. The average Bonchev–Trinajstić information content (AvgIpc) is 3.75. The van der Waals surface area contributed by atoms with Gasteiger partial charge in [-0.2, -0.15) is 0 Å². The van der Waals surface area contributed by atoms with Crippen LogP contribution in [0.5, 0.6) is 0 Å². The molecule has 1 N–H and O–H groups in total. The van der Waals surface area contributed by atoms with Gasteiger partial charge in [-0.05, 0) is 73.2 Å². The van der Waals surface area contributed by atoms with Crippen LogP contribution in [0.4, 0.5) is 0 Å². The molecule has 12 nitrogen and oxygen atoms in total. The fraction of sp³-hybridized carbons (Fsp3) is 0.660. The maximum absolute atomic E-state index is 14.4. The molecule has 2 aromatic carbocycles. The first-order valence-electron chi connectivity index (χ1n) is 22.7. The standard InChI is InChI=1S/C50H77N3O9/c1-13-34(6)47(52(9)49(57)40(32(2)3)28-43(55)46(51-8)33(4)5)44(59-10)29-45(56)53-25-17-20-41(53)48(60-11)35(7)42(54)27-38(26-36-18-15-14-16-19-36)31-62-30-37-21-23-39(24-22-37)50(58)61-12/h14-16,18-19,21-24,32-35,38,40-41,44,46-48,51H,13,17,20,25-31H2,1-12H3/t34-,35-,38+,40-,41-,44+,46-,47-,48+/m0/s1. The summed E-state index contributed by atoms with van der Waals surface area (Å²) in [7, 11) is 8.10. The van der Waals surface area contributed by atoms with Crippen LogP contribution in [0, 0.1) is 35.5 Å². The summed E-state index contributed by atoms with van der Waals surface area (Å²) >= 11 is 0. The van der Waals surface area contributed by atoms with E-state index >= 15 is 0 Å². The van der Waals surface area contributed by atoms with E-state index in [0.717, 1.165) is 24.0 Å². The molecule has 1 saturated heterocycles. The second-order valence-electron chi connectivity index (χ2n) is 18.1. The number of nitrogens with one attached hydrogen (secondary N) is 1. The second-order valence-corrected chi connectivity index (χ2v) is 18.1. The fourth-order valence-electron chi connectivity index (χ4n) is 9.23. The van der Waals surface area contributed by atoms with Gasteiger partial charge >= 0.3 is 5.97 Å². The van der Waals surface area contributed by atoms with E-state index in [1.807, 2.05) is 69.9 Å². The summed E-state index contributed by atoms with van der Waals surface area (Å²) in [6, 6.07) is 16.1. The Labute approximate surface area is 372 Å². The van der Waals surface area contributed by atoms with E-state index in [1.54, 1.807) is 45.3 Å². The van der Waals surface area contributed by atoms with Crippen molar-refractivity contribution in [2.75, 3.05) is 48.6 Å². The number of amides is 2. The number of carbonyl (C=O) groups is 5. The highest BCUT2D eigenvalue weighted by molar-refractivity contribution is 5.90. The van der Waals surface area contributed by atoms with Crippen molar-refractivity contribution in [2.45, 2.75) is 130 Å². The Balaban J connectivity index is 1.76. The number of ether oxygens (including phenoxy) is 4. The normalized spacial score (nSPS) is 18.1. The molecule has 0 aliphatic carbocycles. The Bertz CT molecular complexity index is 1700. The van der Waals surface area contributed by atoms with Crippen LogP contribution in [-0.4, -0.2) is 118 Å². The van der Waals surface area contributed by atoms with Gasteiger partial charge < -0.3 is 34.1 Å². The lowest BCUT2D eigenvalue weighted by atomic mass is 9.84. The zero-order valence-corrected chi connectivity index (χ0v) is 39.7. The first-order valence-corrected chi connectivity index (χ1v) is 22.7. The average molecular weight is 864 g/mol. The topological polar surface area (TPSA) is 141 Å². The zero-order chi connectivity index (χ0) is 46.1. The zero-order valence-electron chi connectivity index (χ0n) is 39.7. The highest BCUT2D eigenvalue weighted by atomic mass is 16.5. The minimum atomic E-state index is -0.596. The summed E-state index contributed by atoms with van der Waals surface area (Å²) in [5.74, 6) is -1.65. The summed E-state index contributed by atoms with van der Waals surface area (Å²) in [4.78, 5) is 71.8. The lowest BCUT2D eigenvalue weighted by Crippen LogP contribution is -2.54. The Morgan fingerprint density at radius 3 is 2.03 bits per heavy atom. The van der Waals surface area contributed by atoms with E-state index in [0.29, 0.717) is 38.2 Å². The van der Waals surface area contributed by atoms with Gasteiger partial charge in [-0.1, -0.05) is 97.4 Å². The molecule has 3 rings (SSSR count). The predicted molar refractivity (Wildman–Crippen MR) is 242 cm³/mol. The molecule has 0 bridgehead atoms. The molecule has 0 unspecified atom stereocenters. The summed E-state index contributed by atoms with van der Waals surface area (Å²) in [6.07, 6.45) is 2.24. The van der Waals surface area contributed by atoms with Crippen LogP contribution >= 0.6 is 0 Å². The number of esters is 1. The van der Waals surface area contributed by atoms with E-state index < -0.39 is 36.1 Å². The maximum atomic E-state index is 14.4. The lowest BCUT2D eigenvalue weighted by molar-refractivity contribution is -0.149. The first kappa shape index (κ1) is 52.4. The summed E-state index contributed by atoms with van der Waals surface area (Å²) in [5.41, 5.74) is 2.48. The number of likely N-dealkylation sites (tertiary alicyclic amines) is 1. The summed E-state index contributed by atoms with van der Waals surface area (Å²) in [5, 5.41) is 3.12. The number of benzene rings is 2. The number of hydrogen-bond donors (Lipinski definition) is 1. The van der Waals surface area contributed by atoms with Crippen molar-refractivity contribution in [2.24, 2.45) is 35.5 Å². The summed E-state index contributed by atoms with van der Waals surface area (Å²) < 4.78 is 23.2. The number of Topliss-reactive ketones (excluding diaryl/α,β-unsaturated/α-hetero) is 2. The van der Waals surface area contributed by atoms with Crippen molar-refractivity contribution in [1.29, 1.82) is 0 Å². The number of nitrogens with zero attached hydrogens (tertiary/aromatic N) is 2.